The Kier molecular flexibility index (Phi) is 5.05. The van der Waals surface area contributed by atoms with Gasteiger partial charge >= 0.3 is 0 Å². The number of piperidine rings is 1. The van der Waals surface area contributed by atoms with Crippen LogP contribution >= 0.6 is 0 Å². The Balaban J connectivity index is 1.26. The summed E-state index contributed by atoms with van der Waals surface area (Å²) in [7, 11) is 0. The van der Waals surface area contributed by atoms with Crippen molar-refractivity contribution < 1.29 is 0 Å². The number of aliphatic imine (C=N–C) groups is 1. The minimum absolute atomic E-state index is 0.855. The third-order valence-electron chi connectivity index (χ3n) is 5.80. The van der Waals surface area contributed by atoms with Crippen molar-refractivity contribution >= 4 is 5.96 Å². The summed E-state index contributed by atoms with van der Waals surface area (Å²) < 4.78 is 0. The molecule has 0 N–H and O–H groups in total. The van der Waals surface area contributed by atoms with Crippen LogP contribution < -0.4 is 0 Å². The second-order valence-corrected chi connectivity index (χ2v) is 7.90. The molecular weight excluding hydrogens is 294 g/mol. The van der Waals surface area contributed by atoms with Crippen LogP contribution in [0.15, 0.2) is 35.3 Å². The first-order valence-electron chi connectivity index (χ1n) is 9.97. The highest BCUT2D eigenvalue weighted by Crippen LogP contribution is 2.31. The maximum atomic E-state index is 4.85. The molecule has 24 heavy (non-hydrogen) atoms. The molecule has 1 aromatic rings. The lowest BCUT2D eigenvalue weighted by atomic mass is 9.92. The van der Waals surface area contributed by atoms with Crippen LogP contribution in [0.25, 0.3) is 0 Å². The topological polar surface area (TPSA) is 18.8 Å². The maximum Gasteiger partial charge on any atom is 0.196 e. The van der Waals surface area contributed by atoms with E-state index in [0.29, 0.717) is 0 Å². The van der Waals surface area contributed by atoms with Gasteiger partial charge in [-0.25, -0.2) is 0 Å². The fraction of sp³-hybridized carbons (Fsp3) is 0.667. The molecule has 1 aliphatic carbocycles. The number of guanidine groups is 1. The molecule has 2 heterocycles. The molecule has 3 nitrogen and oxygen atoms in total. The third-order valence-corrected chi connectivity index (χ3v) is 5.80. The number of likely N-dealkylation sites (tertiary alicyclic amines) is 1. The molecule has 0 aromatic heterocycles. The zero-order valence-corrected chi connectivity index (χ0v) is 14.9. The molecule has 3 heteroatoms. The summed E-state index contributed by atoms with van der Waals surface area (Å²) in [6.45, 7) is 5.87. The summed E-state index contributed by atoms with van der Waals surface area (Å²) in [6.07, 6.45) is 9.53. The quantitative estimate of drug-likeness (QED) is 0.792. The molecule has 130 valence electrons. The van der Waals surface area contributed by atoms with Crippen molar-refractivity contribution in [2.24, 2.45) is 16.8 Å². The van der Waals surface area contributed by atoms with Crippen LogP contribution in [-0.2, 0) is 6.42 Å². The van der Waals surface area contributed by atoms with Crippen molar-refractivity contribution in [2.45, 2.75) is 44.9 Å². The number of rotatable bonds is 6. The van der Waals surface area contributed by atoms with Crippen molar-refractivity contribution in [3.05, 3.63) is 35.9 Å². The second-order valence-electron chi connectivity index (χ2n) is 7.90. The zero-order chi connectivity index (χ0) is 16.2. The van der Waals surface area contributed by atoms with Crippen LogP contribution in [0.1, 0.15) is 44.1 Å². The molecule has 0 bridgehead atoms. The predicted octanol–water partition coefficient (Wildman–Crippen LogP) is 3.80. The number of aryl methyl sites for hydroxylation is 1. The van der Waals surface area contributed by atoms with Crippen molar-refractivity contribution in [2.75, 3.05) is 32.7 Å². The molecule has 0 spiro atoms. The van der Waals surface area contributed by atoms with E-state index in [-0.39, 0.29) is 0 Å². The highest BCUT2D eigenvalue weighted by molar-refractivity contribution is 5.81. The average Bonchev–Trinajstić information content (AvgIpc) is 3.31. The first-order valence-corrected chi connectivity index (χ1v) is 9.97. The van der Waals surface area contributed by atoms with Gasteiger partial charge in [-0.2, -0.15) is 0 Å². The van der Waals surface area contributed by atoms with Crippen LogP contribution in [0.3, 0.4) is 0 Å². The van der Waals surface area contributed by atoms with Gasteiger partial charge in [0.05, 0.1) is 6.54 Å². The molecule has 1 saturated carbocycles. The van der Waals surface area contributed by atoms with E-state index in [1.165, 1.54) is 76.1 Å². The van der Waals surface area contributed by atoms with Gasteiger partial charge < -0.3 is 9.80 Å². The van der Waals surface area contributed by atoms with Gasteiger partial charge in [0.15, 0.2) is 5.96 Å². The second kappa shape index (κ2) is 7.58. The minimum Gasteiger partial charge on any atom is -0.343 e. The van der Waals surface area contributed by atoms with Crippen LogP contribution in [0, 0.1) is 11.8 Å². The summed E-state index contributed by atoms with van der Waals surface area (Å²) >= 11 is 0. The Labute approximate surface area is 146 Å². The van der Waals surface area contributed by atoms with Gasteiger partial charge in [0.2, 0.25) is 0 Å². The van der Waals surface area contributed by atoms with E-state index in [9.17, 15) is 0 Å². The van der Waals surface area contributed by atoms with Crippen molar-refractivity contribution in [1.82, 2.24) is 9.80 Å². The van der Waals surface area contributed by atoms with E-state index in [4.69, 9.17) is 4.99 Å². The molecular formula is C21H31N3. The van der Waals surface area contributed by atoms with Crippen molar-refractivity contribution in [3.63, 3.8) is 0 Å². The molecule has 3 aliphatic rings. The van der Waals surface area contributed by atoms with E-state index in [1.807, 2.05) is 0 Å². The SMILES string of the molecule is c1ccc(CCCC2CCCN(C3=NCCN3CC3CC3)C2)cc1. The highest BCUT2D eigenvalue weighted by atomic mass is 15.4. The van der Waals surface area contributed by atoms with Crippen LogP contribution in [0.4, 0.5) is 0 Å². The van der Waals surface area contributed by atoms with Crippen LogP contribution in [0.2, 0.25) is 0 Å². The number of benzene rings is 1. The first-order chi connectivity index (χ1) is 11.9. The molecule has 1 aromatic carbocycles. The average molecular weight is 326 g/mol. The van der Waals surface area contributed by atoms with E-state index < -0.39 is 0 Å². The normalized spacial score (nSPS) is 24.3. The summed E-state index contributed by atoms with van der Waals surface area (Å²) in [4.78, 5) is 10.0. The van der Waals surface area contributed by atoms with E-state index in [1.54, 1.807) is 0 Å². The van der Waals surface area contributed by atoms with Gasteiger partial charge in [0, 0.05) is 26.2 Å². The van der Waals surface area contributed by atoms with Crippen LogP contribution in [0.5, 0.6) is 0 Å². The Morgan fingerprint density at radius 3 is 2.71 bits per heavy atom. The number of nitrogens with zero attached hydrogens (tertiary/aromatic N) is 3. The zero-order valence-electron chi connectivity index (χ0n) is 14.9. The predicted molar refractivity (Wildman–Crippen MR) is 100 cm³/mol. The largest absolute Gasteiger partial charge is 0.343 e. The first kappa shape index (κ1) is 16.0. The van der Waals surface area contributed by atoms with E-state index in [2.05, 4.69) is 40.1 Å². The standard InChI is InChI=1S/C21H31N3/c1-2-6-18(7-3-1)8-4-9-19-10-5-14-23(16-19)21-22-13-15-24(21)17-20-11-12-20/h1-3,6-7,19-20H,4-5,8-17H2. The summed E-state index contributed by atoms with van der Waals surface area (Å²) in [5.74, 6) is 3.14. The van der Waals surface area contributed by atoms with Gasteiger partial charge in [-0.15, -0.1) is 0 Å². The summed E-state index contributed by atoms with van der Waals surface area (Å²) in [5, 5.41) is 0. The van der Waals surface area contributed by atoms with Crippen LogP contribution in [-0.4, -0.2) is 48.5 Å². The Morgan fingerprint density at radius 1 is 1.00 bits per heavy atom. The molecule has 0 radical (unpaired) electrons. The molecule has 1 unspecified atom stereocenters. The molecule has 2 fully saturated rings. The lowest BCUT2D eigenvalue weighted by Crippen LogP contribution is -2.47. The molecule has 0 amide bonds. The van der Waals surface area contributed by atoms with Crippen molar-refractivity contribution in [1.29, 1.82) is 0 Å². The number of hydrogen-bond donors (Lipinski definition) is 0. The fourth-order valence-corrected chi connectivity index (χ4v) is 4.28. The Bertz CT molecular complexity index is 549. The van der Waals surface area contributed by atoms with Gasteiger partial charge in [-0.3, -0.25) is 4.99 Å². The molecule has 1 saturated heterocycles. The molecule has 4 rings (SSSR count). The maximum absolute atomic E-state index is 4.85. The lowest BCUT2D eigenvalue weighted by Gasteiger charge is -2.37. The Morgan fingerprint density at radius 2 is 1.88 bits per heavy atom. The fourth-order valence-electron chi connectivity index (χ4n) is 4.28. The molecule has 2 aliphatic heterocycles. The Hall–Kier alpha value is -1.51. The monoisotopic (exact) mass is 325 g/mol. The van der Waals surface area contributed by atoms with E-state index >= 15 is 0 Å². The summed E-state index contributed by atoms with van der Waals surface area (Å²) in [6, 6.07) is 10.9. The number of hydrogen-bond acceptors (Lipinski definition) is 3. The minimum atomic E-state index is 0.855. The molecule has 1 atom stereocenters. The van der Waals surface area contributed by atoms with Gasteiger partial charge in [0.25, 0.3) is 0 Å². The summed E-state index contributed by atoms with van der Waals surface area (Å²) in [5.41, 5.74) is 1.49. The lowest BCUT2D eigenvalue weighted by molar-refractivity contribution is 0.221. The third kappa shape index (κ3) is 4.12. The van der Waals surface area contributed by atoms with Gasteiger partial charge in [-0.1, -0.05) is 30.3 Å². The van der Waals surface area contributed by atoms with E-state index in [0.717, 1.165) is 24.9 Å². The van der Waals surface area contributed by atoms with Gasteiger partial charge in [-0.05, 0) is 62.3 Å². The highest BCUT2D eigenvalue weighted by Gasteiger charge is 2.31. The smallest absolute Gasteiger partial charge is 0.196 e. The van der Waals surface area contributed by atoms with Gasteiger partial charge in [0.1, 0.15) is 0 Å². The van der Waals surface area contributed by atoms with Crippen molar-refractivity contribution in [3.8, 4) is 0 Å².